The number of nitrogens with one attached hydrogen (secondary N) is 1. The Labute approximate surface area is 66.9 Å². The van der Waals surface area contributed by atoms with Crippen LogP contribution in [0.1, 0.15) is 12.8 Å². The van der Waals surface area contributed by atoms with Crippen molar-refractivity contribution in [3.63, 3.8) is 0 Å². The third kappa shape index (κ3) is 6.25. The quantitative estimate of drug-likeness (QED) is 0.393. The van der Waals surface area contributed by atoms with Gasteiger partial charge in [-0.25, -0.2) is 0 Å². The smallest absolute Gasteiger partial charge is 0.0795 e. The molecule has 2 unspecified atom stereocenters. The molecule has 0 heterocycles. The molecule has 0 radical (unpaired) electrons. The summed E-state index contributed by atoms with van der Waals surface area (Å²) in [6.45, 7) is 0.440. The van der Waals surface area contributed by atoms with Gasteiger partial charge in [-0.2, -0.15) is 0 Å². The lowest BCUT2D eigenvalue weighted by molar-refractivity contribution is 0.0392. The first-order valence-electron chi connectivity index (χ1n) is 3.82. The van der Waals surface area contributed by atoms with Gasteiger partial charge in [0.2, 0.25) is 0 Å². The van der Waals surface area contributed by atoms with E-state index in [1.165, 1.54) is 0 Å². The van der Waals surface area contributed by atoms with Gasteiger partial charge in [0, 0.05) is 6.42 Å². The van der Waals surface area contributed by atoms with Crippen LogP contribution in [0.2, 0.25) is 0 Å². The van der Waals surface area contributed by atoms with Crippen LogP contribution in [0.3, 0.4) is 0 Å². The Bertz CT molecular complexity index is 89.8. The highest BCUT2D eigenvalue weighted by Gasteiger charge is 2.09. The first kappa shape index (κ1) is 10.8. The fraction of sp³-hybridized carbons (Fsp3) is 1.00. The van der Waals surface area contributed by atoms with Crippen molar-refractivity contribution >= 4 is 0 Å². The summed E-state index contributed by atoms with van der Waals surface area (Å²) in [5.41, 5.74) is 0. The molecule has 0 aliphatic heterocycles. The molecule has 4 nitrogen and oxygen atoms in total. The van der Waals surface area contributed by atoms with Crippen molar-refractivity contribution in [2.24, 2.45) is 0 Å². The van der Waals surface area contributed by atoms with E-state index in [1.54, 1.807) is 7.05 Å². The second-order valence-corrected chi connectivity index (χ2v) is 2.62. The molecule has 68 valence electrons. The van der Waals surface area contributed by atoms with E-state index < -0.39 is 12.2 Å². The van der Waals surface area contributed by atoms with E-state index in [1.807, 2.05) is 0 Å². The molecule has 0 saturated heterocycles. The highest BCUT2D eigenvalue weighted by atomic mass is 16.3. The van der Waals surface area contributed by atoms with Gasteiger partial charge < -0.3 is 20.6 Å². The van der Waals surface area contributed by atoms with Gasteiger partial charge in [-0.3, -0.25) is 0 Å². The van der Waals surface area contributed by atoms with Crippen LogP contribution in [0.15, 0.2) is 0 Å². The van der Waals surface area contributed by atoms with E-state index in [9.17, 15) is 5.11 Å². The van der Waals surface area contributed by atoms with E-state index in [2.05, 4.69) is 5.32 Å². The fourth-order valence-corrected chi connectivity index (χ4v) is 0.817. The maximum Gasteiger partial charge on any atom is 0.0795 e. The van der Waals surface area contributed by atoms with E-state index in [4.69, 9.17) is 10.2 Å². The zero-order valence-electron chi connectivity index (χ0n) is 6.82. The average Bonchev–Trinajstić information content (AvgIpc) is 2.00. The fourth-order valence-electron chi connectivity index (χ4n) is 0.817. The van der Waals surface area contributed by atoms with Crippen molar-refractivity contribution in [2.45, 2.75) is 25.0 Å². The minimum Gasteiger partial charge on any atom is -0.394 e. The second kappa shape index (κ2) is 6.54. The van der Waals surface area contributed by atoms with Crippen molar-refractivity contribution < 1.29 is 15.3 Å². The Morgan fingerprint density at radius 2 is 1.91 bits per heavy atom. The molecule has 0 aromatic carbocycles. The van der Waals surface area contributed by atoms with Crippen LogP contribution in [0.5, 0.6) is 0 Å². The second-order valence-electron chi connectivity index (χ2n) is 2.62. The normalized spacial score (nSPS) is 16.4. The van der Waals surface area contributed by atoms with Crippen LogP contribution in [-0.2, 0) is 0 Å². The largest absolute Gasteiger partial charge is 0.394 e. The van der Waals surface area contributed by atoms with E-state index in [-0.39, 0.29) is 13.0 Å². The summed E-state index contributed by atoms with van der Waals surface area (Å²) in [4.78, 5) is 0. The summed E-state index contributed by atoms with van der Waals surface area (Å²) in [5, 5.41) is 29.4. The first-order valence-corrected chi connectivity index (χ1v) is 3.82. The molecule has 0 aromatic rings. The molecule has 0 aliphatic carbocycles. The topological polar surface area (TPSA) is 72.7 Å². The molecular formula is C7H17NO3. The number of rotatable bonds is 6. The molecule has 0 aromatic heterocycles. The minimum atomic E-state index is -0.790. The van der Waals surface area contributed by atoms with Crippen molar-refractivity contribution in [2.75, 3.05) is 20.2 Å². The van der Waals surface area contributed by atoms with E-state index in [0.29, 0.717) is 6.42 Å². The van der Waals surface area contributed by atoms with Gasteiger partial charge in [0.25, 0.3) is 0 Å². The molecular weight excluding hydrogens is 146 g/mol. The molecule has 0 fully saturated rings. The summed E-state index contributed by atoms with van der Waals surface area (Å²) in [5.74, 6) is 0. The van der Waals surface area contributed by atoms with Crippen LogP contribution in [0, 0.1) is 0 Å². The minimum absolute atomic E-state index is 0.248. The van der Waals surface area contributed by atoms with Gasteiger partial charge in [-0.05, 0) is 20.0 Å². The Kier molecular flexibility index (Phi) is 6.45. The molecule has 0 bridgehead atoms. The summed E-state index contributed by atoms with van der Waals surface area (Å²) < 4.78 is 0. The van der Waals surface area contributed by atoms with E-state index in [0.717, 1.165) is 6.54 Å². The average molecular weight is 163 g/mol. The SMILES string of the molecule is CNCCC(O)CC(O)CO. The van der Waals surface area contributed by atoms with Gasteiger partial charge in [-0.15, -0.1) is 0 Å². The third-order valence-electron chi connectivity index (χ3n) is 1.48. The van der Waals surface area contributed by atoms with Gasteiger partial charge >= 0.3 is 0 Å². The van der Waals surface area contributed by atoms with E-state index >= 15 is 0 Å². The lowest BCUT2D eigenvalue weighted by Gasteiger charge is -2.12. The van der Waals surface area contributed by atoms with Crippen LogP contribution in [0.25, 0.3) is 0 Å². The molecule has 2 atom stereocenters. The standard InChI is InChI=1S/C7H17NO3/c1-8-3-2-6(10)4-7(11)5-9/h6-11H,2-5H2,1H3. The summed E-state index contributed by atoms with van der Waals surface area (Å²) in [7, 11) is 1.80. The zero-order valence-corrected chi connectivity index (χ0v) is 6.82. The third-order valence-corrected chi connectivity index (χ3v) is 1.48. The summed E-state index contributed by atoms with van der Waals surface area (Å²) in [6.07, 6.45) is -0.461. The van der Waals surface area contributed by atoms with Crippen molar-refractivity contribution in [1.29, 1.82) is 0 Å². The molecule has 4 heteroatoms. The number of aliphatic hydroxyl groups is 3. The molecule has 0 rings (SSSR count). The van der Waals surface area contributed by atoms with Crippen molar-refractivity contribution in [1.82, 2.24) is 5.32 Å². The zero-order chi connectivity index (χ0) is 8.69. The van der Waals surface area contributed by atoms with Gasteiger partial charge in [0.05, 0.1) is 18.8 Å². The molecule has 0 amide bonds. The number of hydrogen-bond donors (Lipinski definition) is 4. The highest BCUT2D eigenvalue weighted by molar-refractivity contribution is 4.62. The Balaban J connectivity index is 3.27. The van der Waals surface area contributed by atoms with Gasteiger partial charge in [0.15, 0.2) is 0 Å². The molecule has 0 spiro atoms. The number of hydrogen-bond acceptors (Lipinski definition) is 4. The van der Waals surface area contributed by atoms with Crippen LogP contribution >= 0.6 is 0 Å². The highest BCUT2D eigenvalue weighted by Crippen LogP contribution is 2.00. The molecule has 0 aliphatic rings. The molecule has 11 heavy (non-hydrogen) atoms. The lowest BCUT2D eigenvalue weighted by Crippen LogP contribution is -2.23. The number of aliphatic hydroxyl groups excluding tert-OH is 3. The van der Waals surface area contributed by atoms with Crippen molar-refractivity contribution in [3.05, 3.63) is 0 Å². The lowest BCUT2D eigenvalue weighted by atomic mass is 10.1. The van der Waals surface area contributed by atoms with Crippen LogP contribution in [0.4, 0.5) is 0 Å². The monoisotopic (exact) mass is 163 g/mol. The van der Waals surface area contributed by atoms with Gasteiger partial charge in [0.1, 0.15) is 0 Å². The summed E-state index contributed by atoms with van der Waals surface area (Å²) in [6, 6.07) is 0. The first-order chi connectivity index (χ1) is 5.20. The summed E-state index contributed by atoms with van der Waals surface area (Å²) >= 11 is 0. The van der Waals surface area contributed by atoms with Crippen LogP contribution in [-0.4, -0.2) is 47.7 Å². The van der Waals surface area contributed by atoms with Crippen molar-refractivity contribution in [3.8, 4) is 0 Å². The Hall–Kier alpha value is -0.160. The maximum atomic E-state index is 9.17. The Morgan fingerprint density at radius 3 is 2.36 bits per heavy atom. The Morgan fingerprint density at radius 1 is 1.27 bits per heavy atom. The molecule has 4 N–H and O–H groups in total. The van der Waals surface area contributed by atoms with Gasteiger partial charge in [-0.1, -0.05) is 0 Å². The van der Waals surface area contributed by atoms with Crippen LogP contribution < -0.4 is 5.32 Å². The molecule has 0 saturated carbocycles. The predicted molar refractivity (Wildman–Crippen MR) is 42.3 cm³/mol. The predicted octanol–water partition coefficient (Wildman–Crippen LogP) is -1.30. The maximum absolute atomic E-state index is 9.17.